The molecule has 0 amide bonds. The molecule has 0 bridgehead atoms. The predicted octanol–water partition coefficient (Wildman–Crippen LogP) is 2.79. The van der Waals surface area contributed by atoms with Crippen molar-refractivity contribution < 1.29 is 9.47 Å². The minimum atomic E-state index is -0.215. The molecule has 1 aromatic rings. The third kappa shape index (κ3) is 3.81. The molecule has 0 atom stereocenters. The molecule has 0 heterocycles. The van der Waals surface area contributed by atoms with Crippen LogP contribution in [0.2, 0.25) is 0 Å². The van der Waals surface area contributed by atoms with Crippen LogP contribution in [0.15, 0.2) is 22.7 Å². The van der Waals surface area contributed by atoms with Gasteiger partial charge < -0.3 is 14.8 Å². The Morgan fingerprint density at radius 3 is 2.53 bits per heavy atom. The van der Waals surface area contributed by atoms with E-state index < -0.39 is 0 Å². The van der Waals surface area contributed by atoms with Crippen molar-refractivity contribution in [2.45, 2.75) is 13.2 Å². The Balaban J connectivity index is 2.57. The van der Waals surface area contributed by atoms with Crippen LogP contribution in [0.3, 0.4) is 0 Å². The van der Waals surface area contributed by atoms with E-state index in [9.17, 15) is 0 Å². The highest BCUT2D eigenvalue weighted by Gasteiger charge is 2.05. The molecule has 0 radical (unpaired) electrons. The maximum atomic E-state index is 5.09. The minimum absolute atomic E-state index is 0.215. The van der Waals surface area contributed by atoms with Gasteiger partial charge in [0.05, 0.1) is 6.54 Å². The van der Waals surface area contributed by atoms with E-state index in [0.717, 1.165) is 10.2 Å². The molecule has 84 valence electrons. The lowest BCUT2D eigenvalue weighted by Crippen LogP contribution is -2.23. The summed E-state index contributed by atoms with van der Waals surface area (Å²) in [4.78, 5) is 0. The maximum Gasteiger partial charge on any atom is 0.173 e. The monoisotopic (exact) mass is 273 g/mol. The quantitative estimate of drug-likeness (QED) is 0.837. The van der Waals surface area contributed by atoms with Crippen molar-refractivity contribution in [1.82, 2.24) is 0 Å². The second kappa shape index (κ2) is 6.10. The molecule has 0 fully saturated rings. The number of aryl methyl sites for hydroxylation is 1. The van der Waals surface area contributed by atoms with Crippen LogP contribution in [0, 0.1) is 6.92 Å². The molecule has 0 aliphatic carbocycles. The van der Waals surface area contributed by atoms with Crippen molar-refractivity contribution in [3.63, 3.8) is 0 Å². The molecule has 0 saturated heterocycles. The van der Waals surface area contributed by atoms with Crippen LogP contribution in [-0.2, 0) is 9.47 Å². The Morgan fingerprint density at radius 1 is 1.33 bits per heavy atom. The fourth-order valence-electron chi connectivity index (χ4n) is 1.28. The number of anilines is 1. The van der Waals surface area contributed by atoms with Crippen LogP contribution in [0.25, 0.3) is 0 Å². The number of rotatable bonds is 5. The van der Waals surface area contributed by atoms with Gasteiger partial charge in [-0.3, -0.25) is 0 Å². The first-order valence-electron chi connectivity index (χ1n) is 4.73. The number of halogens is 1. The third-order valence-corrected chi connectivity index (χ3v) is 2.67. The standard InChI is InChI=1S/C11H16BrNO2/c1-8-6-9(12)4-5-10(8)13-7-11(14-2)15-3/h4-6,11,13H,7H2,1-3H3. The Labute approximate surface area is 98.9 Å². The zero-order chi connectivity index (χ0) is 11.3. The van der Waals surface area contributed by atoms with Gasteiger partial charge in [-0.05, 0) is 30.7 Å². The van der Waals surface area contributed by atoms with E-state index in [1.165, 1.54) is 5.56 Å². The molecule has 0 unspecified atom stereocenters. The highest BCUT2D eigenvalue weighted by Crippen LogP contribution is 2.19. The third-order valence-electron chi connectivity index (χ3n) is 2.17. The first kappa shape index (κ1) is 12.5. The maximum absolute atomic E-state index is 5.09. The van der Waals surface area contributed by atoms with Crippen LogP contribution < -0.4 is 5.32 Å². The topological polar surface area (TPSA) is 30.5 Å². The summed E-state index contributed by atoms with van der Waals surface area (Å²) < 4.78 is 11.3. The Bertz CT molecular complexity index is 313. The summed E-state index contributed by atoms with van der Waals surface area (Å²) >= 11 is 3.43. The van der Waals surface area contributed by atoms with E-state index in [0.29, 0.717) is 6.54 Å². The molecule has 0 aliphatic heterocycles. The number of nitrogens with one attached hydrogen (secondary N) is 1. The van der Waals surface area contributed by atoms with E-state index in [-0.39, 0.29) is 6.29 Å². The number of hydrogen-bond acceptors (Lipinski definition) is 3. The van der Waals surface area contributed by atoms with Gasteiger partial charge in [-0.15, -0.1) is 0 Å². The van der Waals surface area contributed by atoms with Crippen LogP contribution in [0.1, 0.15) is 5.56 Å². The highest BCUT2D eigenvalue weighted by atomic mass is 79.9. The normalized spacial score (nSPS) is 10.7. The smallest absolute Gasteiger partial charge is 0.173 e. The first-order valence-corrected chi connectivity index (χ1v) is 5.52. The van der Waals surface area contributed by atoms with Crippen molar-refractivity contribution in [2.75, 3.05) is 26.1 Å². The fourth-order valence-corrected chi connectivity index (χ4v) is 1.76. The van der Waals surface area contributed by atoms with Gasteiger partial charge >= 0.3 is 0 Å². The zero-order valence-corrected chi connectivity index (χ0v) is 10.8. The van der Waals surface area contributed by atoms with Crippen LogP contribution in [0.4, 0.5) is 5.69 Å². The summed E-state index contributed by atoms with van der Waals surface area (Å²) in [7, 11) is 3.26. The van der Waals surface area contributed by atoms with Gasteiger partial charge in [0.1, 0.15) is 0 Å². The Hall–Kier alpha value is -0.580. The molecule has 1 N–H and O–H groups in total. The molecular formula is C11H16BrNO2. The molecule has 0 aliphatic rings. The zero-order valence-electron chi connectivity index (χ0n) is 9.21. The highest BCUT2D eigenvalue weighted by molar-refractivity contribution is 9.10. The Kier molecular flexibility index (Phi) is 5.08. The molecule has 1 aromatic carbocycles. The number of ether oxygens (including phenoxy) is 2. The van der Waals surface area contributed by atoms with Gasteiger partial charge in [0, 0.05) is 24.4 Å². The van der Waals surface area contributed by atoms with Crippen molar-refractivity contribution >= 4 is 21.6 Å². The van der Waals surface area contributed by atoms with Gasteiger partial charge in [0.2, 0.25) is 0 Å². The van der Waals surface area contributed by atoms with Gasteiger partial charge in [0.15, 0.2) is 6.29 Å². The SMILES string of the molecule is COC(CNc1ccc(Br)cc1C)OC. The predicted molar refractivity (Wildman–Crippen MR) is 65.2 cm³/mol. The summed E-state index contributed by atoms with van der Waals surface area (Å²) in [5, 5.41) is 3.27. The lowest BCUT2D eigenvalue weighted by atomic mass is 10.2. The van der Waals surface area contributed by atoms with Crippen LogP contribution in [0.5, 0.6) is 0 Å². The molecule has 3 nitrogen and oxygen atoms in total. The first-order chi connectivity index (χ1) is 7.17. The summed E-state index contributed by atoms with van der Waals surface area (Å²) in [6.07, 6.45) is -0.215. The molecule has 0 spiro atoms. The number of benzene rings is 1. The van der Waals surface area contributed by atoms with E-state index in [1.807, 2.05) is 12.1 Å². The average molecular weight is 274 g/mol. The molecule has 15 heavy (non-hydrogen) atoms. The molecule has 4 heteroatoms. The summed E-state index contributed by atoms with van der Waals surface area (Å²) in [6.45, 7) is 2.69. The second-order valence-electron chi connectivity index (χ2n) is 3.24. The van der Waals surface area contributed by atoms with Crippen molar-refractivity contribution in [2.24, 2.45) is 0 Å². The van der Waals surface area contributed by atoms with Gasteiger partial charge in [0.25, 0.3) is 0 Å². The summed E-state index contributed by atoms with van der Waals surface area (Å²) in [5.41, 5.74) is 2.28. The summed E-state index contributed by atoms with van der Waals surface area (Å²) in [5.74, 6) is 0. The summed E-state index contributed by atoms with van der Waals surface area (Å²) in [6, 6.07) is 6.10. The van der Waals surface area contributed by atoms with Crippen molar-refractivity contribution in [1.29, 1.82) is 0 Å². The van der Waals surface area contributed by atoms with Crippen molar-refractivity contribution in [3.8, 4) is 0 Å². The van der Waals surface area contributed by atoms with Crippen molar-refractivity contribution in [3.05, 3.63) is 28.2 Å². The lowest BCUT2D eigenvalue weighted by molar-refractivity contribution is -0.0914. The van der Waals surface area contributed by atoms with E-state index in [4.69, 9.17) is 9.47 Å². The van der Waals surface area contributed by atoms with Gasteiger partial charge in [-0.1, -0.05) is 15.9 Å². The average Bonchev–Trinajstić information content (AvgIpc) is 2.22. The number of methoxy groups -OCH3 is 2. The molecular weight excluding hydrogens is 258 g/mol. The molecule has 0 saturated carbocycles. The largest absolute Gasteiger partial charge is 0.380 e. The minimum Gasteiger partial charge on any atom is -0.380 e. The van der Waals surface area contributed by atoms with Gasteiger partial charge in [-0.2, -0.15) is 0 Å². The fraction of sp³-hybridized carbons (Fsp3) is 0.455. The van der Waals surface area contributed by atoms with E-state index >= 15 is 0 Å². The lowest BCUT2D eigenvalue weighted by Gasteiger charge is -2.16. The Morgan fingerprint density at radius 2 is 2.00 bits per heavy atom. The van der Waals surface area contributed by atoms with Crippen LogP contribution >= 0.6 is 15.9 Å². The van der Waals surface area contributed by atoms with Gasteiger partial charge in [-0.25, -0.2) is 0 Å². The number of hydrogen-bond donors (Lipinski definition) is 1. The van der Waals surface area contributed by atoms with E-state index in [1.54, 1.807) is 14.2 Å². The van der Waals surface area contributed by atoms with E-state index in [2.05, 4.69) is 34.2 Å². The van der Waals surface area contributed by atoms with Crippen LogP contribution in [-0.4, -0.2) is 27.1 Å². The second-order valence-corrected chi connectivity index (χ2v) is 4.16. The molecule has 0 aromatic heterocycles. The molecule has 1 rings (SSSR count).